The number of likely N-dealkylation sites (N-methyl/N-ethyl adjacent to an activating group) is 4. The lowest BCUT2D eigenvalue weighted by molar-refractivity contribution is -0.158. The second-order valence-corrected chi connectivity index (χ2v) is 26.8. The van der Waals surface area contributed by atoms with Crippen molar-refractivity contribution in [3.8, 4) is 0 Å². The van der Waals surface area contributed by atoms with E-state index in [9.17, 15) is 57.5 Å². The van der Waals surface area contributed by atoms with Crippen LogP contribution in [0.1, 0.15) is 202 Å². The summed E-state index contributed by atoms with van der Waals surface area (Å²) in [5.41, 5.74) is 0. The number of hydrogen-bond donors (Lipinski definition) is 3. The molecular weight excluding hydrogens is 1110 g/mol. The van der Waals surface area contributed by atoms with Crippen molar-refractivity contribution >= 4 is 70.4 Å². The van der Waals surface area contributed by atoms with Crippen molar-refractivity contribution in [1.29, 1.82) is 0 Å². The quantitative estimate of drug-likeness (QED) is 0.0382. The van der Waals surface area contributed by atoms with Gasteiger partial charge in [0.15, 0.2) is 28.9 Å². The molecule has 0 aliphatic rings. The number of carbonyl (C=O) groups excluding carboxylic acids is 12. The molecule has 87 heavy (non-hydrogen) atoms. The number of rotatable bonds is 43. The number of ether oxygens (including phenoxy) is 2. The fourth-order valence-corrected chi connectivity index (χ4v) is 11.4. The number of Topliss-reactive ketones (excluding diaryl/α,β-unsaturated/α-hetero) is 5. The SMILES string of the molecule is C/C=C/C[C@@H](C)[C@@H](OC(C)=O)[C@H](CC(=O)C(C(C)C)N(C)C(=O)[C@@H](CC(=O)[C@H](CC(C)C)N(C)C(=O)[C@@H](C)NC(=O)[C@H](C)CC(=O)[C@H](CC(C)C)N(C)C(=O)[C@@H](CC(=O)[C@H](CC(C)C)NC)C(C)C)CC(C)C)C(=O)N[C@@H](CC)C(=O)CCC(=O)OC. The Morgan fingerprint density at radius 1 is 0.517 bits per heavy atom. The summed E-state index contributed by atoms with van der Waals surface area (Å²) in [5, 5.41) is 8.59. The zero-order valence-electron chi connectivity index (χ0n) is 57.6. The van der Waals surface area contributed by atoms with Gasteiger partial charge in [-0.15, -0.1) is 0 Å². The number of methoxy groups -OCH3 is 1. The molecule has 0 aromatic carbocycles. The lowest BCUT2D eigenvalue weighted by Crippen LogP contribution is -2.53. The van der Waals surface area contributed by atoms with Crippen LogP contribution in [0.15, 0.2) is 12.2 Å². The Balaban J connectivity index is 6.90. The highest BCUT2D eigenvalue weighted by molar-refractivity contribution is 5.99. The van der Waals surface area contributed by atoms with E-state index in [4.69, 9.17) is 4.74 Å². The van der Waals surface area contributed by atoms with Gasteiger partial charge >= 0.3 is 11.9 Å². The average Bonchev–Trinajstić information content (AvgIpc) is 1.97. The molecule has 3 N–H and O–H groups in total. The molecule has 498 valence electrons. The van der Waals surface area contributed by atoms with Crippen LogP contribution in [0.4, 0.5) is 0 Å². The van der Waals surface area contributed by atoms with Crippen LogP contribution in [-0.4, -0.2) is 163 Å². The Hall–Kier alpha value is -5.66. The molecular formula is C67H116N6O14. The van der Waals surface area contributed by atoms with Crippen molar-refractivity contribution in [2.75, 3.05) is 35.3 Å². The first-order valence-electron chi connectivity index (χ1n) is 31.9. The maximum absolute atomic E-state index is 14.9. The van der Waals surface area contributed by atoms with Crippen molar-refractivity contribution in [2.45, 2.75) is 244 Å². The number of nitrogens with one attached hydrogen (secondary N) is 3. The monoisotopic (exact) mass is 1230 g/mol. The van der Waals surface area contributed by atoms with E-state index >= 15 is 0 Å². The number of carbonyl (C=O) groups is 12. The van der Waals surface area contributed by atoms with Gasteiger partial charge in [0.1, 0.15) is 12.1 Å². The Morgan fingerprint density at radius 2 is 1.02 bits per heavy atom. The molecule has 20 heteroatoms. The summed E-state index contributed by atoms with van der Waals surface area (Å²) in [6.07, 6.45) is 3.03. The van der Waals surface area contributed by atoms with E-state index in [2.05, 4.69) is 20.7 Å². The van der Waals surface area contributed by atoms with Crippen LogP contribution in [0.2, 0.25) is 0 Å². The molecule has 0 heterocycles. The molecule has 0 radical (unpaired) electrons. The standard InChI is InChI=1S/C67H116N6O14/c1-24-26-27-44(15)62(87-47(18)74)50(64(82)70-51(25-2)55(75)28-29-60(80)86-23)37-59(79)61(43(13)14)73(22)66(84)48(30-38(3)4)35-58(78)54(33-41(9)10)71(20)65(83)46(17)69-63(81)45(16)34-57(77)53(32-40(7)8)72(21)67(85)49(42(11)12)36-56(76)52(68-19)31-39(5)6/h24,26,38-46,48-54,61-62,68H,25,27-37H2,1-23H3,(H,69,81)(H,70,82)/b26-24+/t44-,45-,46-,48-,49+,50+,51+,52+,53+,54+,61?,62-/m1/s1. The minimum absolute atomic E-state index is 0.00196. The molecule has 0 saturated carbocycles. The highest BCUT2D eigenvalue weighted by atomic mass is 16.5. The van der Waals surface area contributed by atoms with Crippen molar-refractivity contribution in [3.05, 3.63) is 12.2 Å². The first kappa shape index (κ1) is 81.3. The highest BCUT2D eigenvalue weighted by Crippen LogP contribution is 2.30. The Bertz CT molecular complexity index is 2310. The van der Waals surface area contributed by atoms with Crippen molar-refractivity contribution in [3.63, 3.8) is 0 Å². The van der Waals surface area contributed by atoms with E-state index in [1.54, 1.807) is 54.8 Å². The predicted molar refractivity (Wildman–Crippen MR) is 338 cm³/mol. The number of amides is 5. The van der Waals surface area contributed by atoms with Crippen molar-refractivity contribution in [2.24, 2.45) is 65.1 Å². The molecule has 0 aliphatic heterocycles. The summed E-state index contributed by atoms with van der Waals surface area (Å²) in [6.45, 7) is 32.3. The highest BCUT2D eigenvalue weighted by Gasteiger charge is 2.43. The number of ketones is 5. The maximum atomic E-state index is 14.9. The van der Waals surface area contributed by atoms with Crippen LogP contribution in [-0.2, 0) is 67.0 Å². The summed E-state index contributed by atoms with van der Waals surface area (Å²) >= 11 is 0. The molecule has 0 rings (SSSR count). The second-order valence-electron chi connectivity index (χ2n) is 26.8. The van der Waals surface area contributed by atoms with Gasteiger partial charge in [0, 0.05) is 77.9 Å². The molecule has 12 atom stereocenters. The first-order valence-corrected chi connectivity index (χ1v) is 31.9. The molecule has 0 spiro atoms. The molecule has 0 bridgehead atoms. The lowest BCUT2D eigenvalue weighted by atomic mass is 9.82. The van der Waals surface area contributed by atoms with E-state index in [1.807, 2.05) is 82.2 Å². The number of allylic oxidation sites excluding steroid dienone is 2. The Morgan fingerprint density at radius 3 is 1.47 bits per heavy atom. The molecule has 0 fully saturated rings. The third kappa shape index (κ3) is 27.7. The van der Waals surface area contributed by atoms with Gasteiger partial charge in [0.25, 0.3) is 0 Å². The van der Waals surface area contributed by atoms with E-state index in [1.165, 1.54) is 49.8 Å². The summed E-state index contributed by atoms with van der Waals surface area (Å²) < 4.78 is 10.5. The number of hydrogen-bond acceptors (Lipinski definition) is 15. The van der Waals surface area contributed by atoms with Gasteiger partial charge < -0.3 is 40.1 Å². The molecule has 20 nitrogen and oxygen atoms in total. The van der Waals surface area contributed by atoms with Crippen molar-refractivity contribution in [1.82, 2.24) is 30.7 Å². The van der Waals surface area contributed by atoms with Gasteiger partial charge in [0.05, 0.1) is 49.7 Å². The normalized spacial score (nSPS) is 16.0. The van der Waals surface area contributed by atoms with Crippen LogP contribution in [0.25, 0.3) is 0 Å². The van der Waals surface area contributed by atoms with E-state index in [0.29, 0.717) is 19.3 Å². The zero-order chi connectivity index (χ0) is 67.5. The van der Waals surface area contributed by atoms with Crippen LogP contribution in [0.5, 0.6) is 0 Å². The maximum Gasteiger partial charge on any atom is 0.305 e. The fourth-order valence-electron chi connectivity index (χ4n) is 11.4. The molecule has 0 aromatic rings. The van der Waals surface area contributed by atoms with Crippen LogP contribution in [0, 0.1) is 65.1 Å². The lowest BCUT2D eigenvalue weighted by Gasteiger charge is -2.36. The van der Waals surface area contributed by atoms with E-state index in [0.717, 1.165) is 0 Å². The summed E-state index contributed by atoms with van der Waals surface area (Å²) in [6, 6.07) is -5.62. The van der Waals surface area contributed by atoms with Gasteiger partial charge in [-0.3, -0.25) is 57.5 Å². The van der Waals surface area contributed by atoms with E-state index < -0.39 is 137 Å². The molecule has 5 amide bonds. The minimum Gasteiger partial charge on any atom is -0.469 e. The summed E-state index contributed by atoms with van der Waals surface area (Å²) in [5.74, 6) is -10.7. The van der Waals surface area contributed by atoms with Gasteiger partial charge in [-0.05, 0) is 101 Å². The first-order chi connectivity index (χ1) is 40.3. The topological polar surface area (TPSA) is 269 Å². The van der Waals surface area contributed by atoms with Gasteiger partial charge in [-0.2, -0.15) is 0 Å². The Labute approximate surface area is 522 Å². The summed E-state index contributed by atoms with van der Waals surface area (Å²) in [7, 11) is 7.46. The third-order valence-electron chi connectivity index (χ3n) is 16.4. The molecule has 1 unspecified atom stereocenters. The zero-order valence-corrected chi connectivity index (χ0v) is 57.6. The fraction of sp³-hybridized carbons (Fsp3) is 0.791. The van der Waals surface area contributed by atoms with Gasteiger partial charge in [0.2, 0.25) is 29.5 Å². The molecule has 0 saturated heterocycles. The van der Waals surface area contributed by atoms with E-state index in [-0.39, 0.29) is 98.4 Å². The second kappa shape index (κ2) is 40.1. The van der Waals surface area contributed by atoms with Crippen LogP contribution < -0.4 is 16.0 Å². The smallest absolute Gasteiger partial charge is 0.305 e. The van der Waals surface area contributed by atoms with Crippen molar-refractivity contribution < 1.29 is 67.0 Å². The average molecular weight is 1230 g/mol. The number of esters is 2. The predicted octanol–water partition coefficient (Wildman–Crippen LogP) is 8.33. The van der Waals surface area contributed by atoms with Gasteiger partial charge in [-0.25, -0.2) is 0 Å². The number of nitrogens with zero attached hydrogens (tertiary/aromatic N) is 3. The third-order valence-corrected chi connectivity index (χ3v) is 16.4. The largest absolute Gasteiger partial charge is 0.469 e. The molecule has 0 aliphatic carbocycles. The van der Waals surface area contributed by atoms with Crippen LogP contribution in [0.3, 0.4) is 0 Å². The molecule has 0 aromatic heterocycles. The van der Waals surface area contributed by atoms with Gasteiger partial charge in [-0.1, -0.05) is 116 Å². The Kier molecular flexibility index (Phi) is 37.5. The van der Waals surface area contributed by atoms with Crippen LogP contribution >= 0.6 is 0 Å². The summed E-state index contributed by atoms with van der Waals surface area (Å²) in [4.78, 5) is 171. The minimum atomic E-state index is -1.31.